The van der Waals surface area contributed by atoms with Gasteiger partial charge < -0.3 is 25.4 Å². The molecule has 1 unspecified atom stereocenters. The smallest absolute Gasteiger partial charge is 0.119 e. The largest absolute Gasteiger partial charge is 0.497 e. The Labute approximate surface area is 101 Å². The summed E-state index contributed by atoms with van der Waals surface area (Å²) in [5.41, 5.74) is 0.728. The van der Waals surface area contributed by atoms with Gasteiger partial charge in [-0.25, -0.2) is 0 Å². The molecule has 0 bridgehead atoms. The van der Waals surface area contributed by atoms with Gasteiger partial charge >= 0.3 is 0 Å². The molecule has 0 aliphatic carbocycles. The lowest BCUT2D eigenvalue weighted by atomic mass is 10.1. The van der Waals surface area contributed by atoms with Crippen molar-refractivity contribution in [2.24, 2.45) is 0 Å². The van der Waals surface area contributed by atoms with Crippen molar-refractivity contribution in [3.8, 4) is 5.75 Å². The molecule has 1 aromatic rings. The molecule has 1 rings (SSSR count). The summed E-state index contributed by atoms with van der Waals surface area (Å²) in [5, 5.41) is 30.5. The maximum atomic E-state index is 9.90. The lowest BCUT2D eigenvalue weighted by Crippen LogP contribution is -2.38. The fourth-order valence-corrected chi connectivity index (χ4v) is 1.43. The number of rotatable bonds is 7. The zero-order valence-electron chi connectivity index (χ0n) is 9.84. The Balaban J connectivity index is 2.53. The second-order valence-electron chi connectivity index (χ2n) is 3.76. The molecule has 0 amide bonds. The van der Waals surface area contributed by atoms with Gasteiger partial charge in [-0.3, -0.25) is 0 Å². The molecule has 96 valence electrons. The first kappa shape index (κ1) is 13.9. The third-order valence-corrected chi connectivity index (χ3v) is 2.52. The predicted molar refractivity (Wildman–Crippen MR) is 63.9 cm³/mol. The van der Waals surface area contributed by atoms with Crippen LogP contribution in [0.3, 0.4) is 0 Å². The van der Waals surface area contributed by atoms with Crippen LogP contribution in [-0.2, 0) is 0 Å². The SMILES string of the molecule is COc1cccc(C(O)CNC(CO)CO)c1. The Hall–Kier alpha value is -1.14. The van der Waals surface area contributed by atoms with Crippen LogP contribution in [0.15, 0.2) is 24.3 Å². The number of nitrogens with one attached hydrogen (secondary N) is 1. The van der Waals surface area contributed by atoms with Crippen LogP contribution >= 0.6 is 0 Å². The highest BCUT2D eigenvalue weighted by molar-refractivity contribution is 5.29. The number of hydrogen-bond acceptors (Lipinski definition) is 5. The first-order chi connectivity index (χ1) is 8.21. The van der Waals surface area contributed by atoms with Crippen LogP contribution in [0.2, 0.25) is 0 Å². The van der Waals surface area contributed by atoms with Crippen molar-refractivity contribution in [3.63, 3.8) is 0 Å². The van der Waals surface area contributed by atoms with E-state index >= 15 is 0 Å². The molecule has 5 heteroatoms. The Morgan fingerprint density at radius 3 is 2.59 bits per heavy atom. The Morgan fingerprint density at radius 1 is 1.29 bits per heavy atom. The molecule has 0 fully saturated rings. The standard InChI is InChI=1S/C12H19NO4/c1-17-11-4-2-3-9(5-11)12(16)6-13-10(7-14)8-15/h2-5,10,12-16H,6-8H2,1H3. The van der Waals surface area contributed by atoms with Crippen LogP contribution in [0.1, 0.15) is 11.7 Å². The van der Waals surface area contributed by atoms with Crippen molar-refractivity contribution >= 4 is 0 Å². The minimum absolute atomic E-state index is 0.165. The molecular formula is C12H19NO4. The number of methoxy groups -OCH3 is 1. The topological polar surface area (TPSA) is 82.0 Å². The molecule has 1 atom stereocenters. The number of hydrogen-bond donors (Lipinski definition) is 4. The maximum absolute atomic E-state index is 9.90. The molecule has 0 aliphatic rings. The van der Waals surface area contributed by atoms with Crippen LogP contribution in [0.4, 0.5) is 0 Å². The van der Waals surface area contributed by atoms with E-state index in [9.17, 15) is 5.11 Å². The van der Waals surface area contributed by atoms with Crippen LogP contribution < -0.4 is 10.1 Å². The second kappa shape index (κ2) is 7.24. The lowest BCUT2D eigenvalue weighted by molar-refractivity contribution is 0.135. The summed E-state index contributed by atoms with van der Waals surface area (Å²) in [6.07, 6.45) is -0.703. The third kappa shape index (κ3) is 4.32. The quantitative estimate of drug-likeness (QED) is 0.525. The Bertz CT molecular complexity index is 328. The van der Waals surface area contributed by atoms with Gasteiger partial charge in [-0.15, -0.1) is 0 Å². The van der Waals surface area contributed by atoms with E-state index in [1.165, 1.54) is 0 Å². The van der Waals surface area contributed by atoms with Gasteiger partial charge in [-0.1, -0.05) is 12.1 Å². The van der Waals surface area contributed by atoms with Crippen molar-refractivity contribution in [3.05, 3.63) is 29.8 Å². The number of ether oxygens (including phenoxy) is 1. The number of aliphatic hydroxyl groups is 3. The van der Waals surface area contributed by atoms with Gasteiger partial charge in [0.25, 0.3) is 0 Å². The van der Waals surface area contributed by atoms with E-state index in [4.69, 9.17) is 14.9 Å². The summed E-state index contributed by atoms with van der Waals surface area (Å²) < 4.78 is 5.06. The van der Waals surface area contributed by atoms with Gasteiger partial charge in [0.05, 0.1) is 32.5 Å². The zero-order chi connectivity index (χ0) is 12.7. The molecular weight excluding hydrogens is 222 g/mol. The molecule has 5 nitrogen and oxygen atoms in total. The lowest BCUT2D eigenvalue weighted by Gasteiger charge is -2.17. The second-order valence-corrected chi connectivity index (χ2v) is 3.76. The van der Waals surface area contributed by atoms with Crippen molar-refractivity contribution < 1.29 is 20.1 Å². The maximum Gasteiger partial charge on any atom is 0.119 e. The van der Waals surface area contributed by atoms with Gasteiger partial charge in [0, 0.05) is 6.54 Å². The van der Waals surface area contributed by atoms with Gasteiger partial charge in [0.2, 0.25) is 0 Å². The molecule has 1 aromatic carbocycles. The molecule has 0 aliphatic heterocycles. The van der Waals surface area contributed by atoms with Crippen LogP contribution in [0.5, 0.6) is 5.75 Å². The van der Waals surface area contributed by atoms with E-state index in [-0.39, 0.29) is 19.8 Å². The number of benzene rings is 1. The molecule has 17 heavy (non-hydrogen) atoms. The zero-order valence-corrected chi connectivity index (χ0v) is 9.84. The Morgan fingerprint density at radius 2 is 2.00 bits per heavy atom. The molecule has 0 aromatic heterocycles. The van der Waals surface area contributed by atoms with E-state index in [1.54, 1.807) is 31.4 Å². The average molecular weight is 241 g/mol. The summed E-state index contributed by atoms with van der Waals surface area (Å²) in [5.74, 6) is 0.683. The fourth-order valence-electron chi connectivity index (χ4n) is 1.43. The Kier molecular flexibility index (Phi) is 5.93. The first-order valence-electron chi connectivity index (χ1n) is 5.48. The van der Waals surface area contributed by atoms with E-state index in [2.05, 4.69) is 5.32 Å². The normalized spacial score (nSPS) is 12.8. The van der Waals surface area contributed by atoms with E-state index in [1.807, 2.05) is 0 Å². The third-order valence-electron chi connectivity index (χ3n) is 2.52. The summed E-state index contributed by atoms with van der Waals surface area (Å²) in [4.78, 5) is 0. The molecule has 0 heterocycles. The monoisotopic (exact) mass is 241 g/mol. The van der Waals surface area contributed by atoms with E-state index < -0.39 is 12.1 Å². The highest BCUT2D eigenvalue weighted by Gasteiger charge is 2.11. The minimum atomic E-state index is -0.703. The summed E-state index contributed by atoms with van der Waals surface area (Å²) in [7, 11) is 1.57. The van der Waals surface area contributed by atoms with Gasteiger partial charge in [0.15, 0.2) is 0 Å². The van der Waals surface area contributed by atoms with E-state index in [0.29, 0.717) is 5.75 Å². The van der Waals surface area contributed by atoms with Crippen LogP contribution in [-0.4, -0.2) is 48.2 Å². The van der Waals surface area contributed by atoms with Crippen molar-refractivity contribution in [2.75, 3.05) is 26.9 Å². The summed E-state index contributed by atoms with van der Waals surface area (Å²) in [6, 6.07) is 6.73. The average Bonchev–Trinajstić information content (AvgIpc) is 2.39. The molecule has 0 spiro atoms. The van der Waals surface area contributed by atoms with Gasteiger partial charge in [0.1, 0.15) is 5.75 Å². The first-order valence-corrected chi connectivity index (χ1v) is 5.48. The number of aliphatic hydroxyl groups excluding tert-OH is 3. The molecule has 0 saturated heterocycles. The van der Waals surface area contributed by atoms with Gasteiger partial charge in [-0.2, -0.15) is 0 Å². The summed E-state index contributed by atoms with van der Waals surface area (Å²) >= 11 is 0. The predicted octanol–water partition coefficient (Wildman–Crippen LogP) is -0.329. The van der Waals surface area contributed by atoms with Crippen molar-refractivity contribution in [2.45, 2.75) is 12.1 Å². The van der Waals surface area contributed by atoms with E-state index in [0.717, 1.165) is 5.56 Å². The van der Waals surface area contributed by atoms with Crippen molar-refractivity contribution in [1.82, 2.24) is 5.32 Å². The fraction of sp³-hybridized carbons (Fsp3) is 0.500. The minimum Gasteiger partial charge on any atom is -0.497 e. The molecule has 4 N–H and O–H groups in total. The summed E-state index contributed by atoms with van der Waals surface area (Å²) in [6.45, 7) is -0.0678. The van der Waals surface area contributed by atoms with Crippen LogP contribution in [0.25, 0.3) is 0 Å². The molecule has 0 radical (unpaired) electrons. The highest BCUT2D eigenvalue weighted by Crippen LogP contribution is 2.18. The molecule has 0 saturated carbocycles. The van der Waals surface area contributed by atoms with Crippen molar-refractivity contribution in [1.29, 1.82) is 0 Å². The highest BCUT2D eigenvalue weighted by atomic mass is 16.5. The van der Waals surface area contributed by atoms with Gasteiger partial charge in [-0.05, 0) is 17.7 Å². The van der Waals surface area contributed by atoms with Crippen LogP contribution in [0, 0.1) is 0 Å².